The molecule has 1 aliphatic carbocycles. The number of hydrogen-bond acceptors (Lipinski definition) is 2. The normalized spacial score (nSPS) is 16.9. The second kappa shape index (κ2) is 5.87. The van der Waals surface area contributed by atoms with E-state index in [4.69, 9.17) is 4.74 Å². The van der Waals surface area contributed by atoms with Crippen molar-refractivity contribution in [2.45, 2.75) is 38.9 Å². The minimum Gasteiger partial charge on any atom is -0.484 e. The number of rotatable bonds is 2. The van der Waals surface area contributed by atoms with Crippen LogP contribution in [0.25, 0.3) is 0 Å². The van der Waals surface area contributed by atoms with Gasteiger partial charge in [-0.15, -0.1) is 5.54 Å². The molecule has 0 saturated carbocycles. The Kier molecular flexibility index (Phi) is 5.06. The molecule has 4 heteroatoms. The maximum atomic E-state index is 11.4. The molecule has 88 valence electrons. The van der Waals surface area contributed by atoms with E-state index in [-0.39, 0.29) is 5.78 Å². The predicted molar refractivity (Wildman–Crippen MR) is 77.0 cm³/mol. The molecule has 0 fully saturated rings. The lowest BCUT2D eigenvalue weighted by atomic mass is 10.1. The highest BCUT2D eigenvalue weighted by molar-refractivity contribution is 14.1. The molecule has 1 rings (SSSR count). The Morgan fingerprint density at radius 2 is 2.06 bits per heavy atom. The Morgan fingerprint density at radius 1 is 1.38 bits per heavy atom. The van der Waals surface area contributed by atoms with Crippen LogP contribution in [-0.4, -0.2) is 20.5 Å². The van der Waals surface area contributed by atoms with Gasteiger partial charge in [-0.25, -0.2) is 0 Å². The molecule has 0 aromatic heterocycles. The van der Waals surface area contributed by atoms with Crippen LogP contribution in [0, 0.1) is 11.5 Å². The first-order valence-corrected chi connectivity index (χ1v) is 10.0. The van der Waals surface area contributed by atoms with Gasteiger partial charge in [-0.1, -0.05) is 25.6 Å². The van der Waals surface area contributed by atoms with Crippen molar-refractivity contribution in [2.24, 2.45) is 0 Å². The quantitative estimate of drug-likeness (QED) is 0.435. The summed E-state index contributed by atoms with van der Waals surface area (Å²) in [6, 6.07) is 0. The van der Waals surface area contributed by atoms with Crippen LogP contribution in [-0.2, 0) is 9.53 Å². The summed E-state index contributed by atoms with van der Waals surface area (Å²) >= 11 is 2.08. The third-order valence-corrected chi connectivity index (χ3v) is 4.21. The van der Waals surface area contributed by atoms with E-state index in [0.717, 1.165) is 22.2 Å². The SMILES string of the molecule is C[Si](C)(C)C#CCOC1=C(I)C(=O)CCC1. The molecule has 0 aromatic rings. The molecule has 0 N–H and O–H groups in total. The Morgan fingerprint density at radius 3 is 2.69 bits per heavy atom. The van der Waals surface area contributed by atoms with E-state index in [0.29, 0.717) is 13.0 Å². The van der Waals surface area contributed by atoms with Crippen LogP contribution < -0.4 is 0 Å². The van der Waals surface area contributed by atoms with Crippen molar-refractivity contribution in [3.63, 3.8) is 0 Å². The van der Waals surface area contributed by atoms with Gasteiger partial charge in [-0.05, 0) is 29.0 Å². The van der Waals surface area contributed by atoms with Gasteiger partial charge in [0.15, 0.2) is 5.78 Å². The Bertz CT molecular complexity index is 369. The summed E-state index contributed by atoms with van der Waals surface area (Å²) < 4.78 is 6.32. The van der Waals surface area contributed by atoms with Crippen molar-refractivity contribution in [2.75, 3.05) is 6.61 Å². The summed E-state index contributed by atoms with van der Waals surface area (Å²) in [4.78, 5) is 11.4. The van der Waals surface area contributed by atoms with Crippen LogP contribution in [0.5, 0.6) is 0 Å². The summed E-state index contributed by atoms with van der Waals surface area (Å²) in [6.45, 7) is 7.02. The number of carbonyl (C=O) groups is 1. The van der Waals surface area contributed by atoms with Gasteiger partial charge in [-0.2, -0.15) is 0 Å². The molecular formula is C12H17IO2Si. The zero-order valence-electron chi connectivity index (χ0n) is 10.0. The van der Waals surface area contributed by atoms with Crippen LogP contribution >= 0.6 is 22.6 Å². The van der Waals surface area contributed by atoms with Crippen LogP contribution in [0.15, 0.2) is 9.34 Å². The molecule has 0 aromatic carbocycles. The summed E-state index contributed by atoms with van der Waals surface area (Å²) in [5, 5.41) is 0. The van der Waals surface area contributed by atoms with E-state index in [1.165, 1.54) is 0 Å². The van der Waals surface area contributed by atoms with Gasteiger partial charge in [0.2, 0.25) is 0 Å². The number of ketones is 1. The number of Topliss-reactive ketones (excluding diaryl/α,β-unsaturated/α-hetero) is 1. The summed E-state index contributed by atoms with van der Waals surface area (Å²) in [5.41, 5.74) is 3.24. The first-order chi connectivity index (χ1) is 7.40. The van der Waals surface area contributed by atoms with Crippen LogP contribution in [0.4, 0.5) is 0 Å². The summed E-state index contributed by atoms with van der Waals surface area (Å²) in [6.07, 6.45) is 2.44. The Hall–Kier alpha value is -0.283. The van der Waals surface area contributed by atoms with Crippen molar-refractivity contribution in [3.05, 3.63) is 9.34 Å². The highest BCUT2D eigenvalue weighted by atomic mass is 127. The number of carbonyl (C=O) groups excluding carboxylic acids is 1. The van der Waals surface area contributed by atoms with Gasteiger partial charge >= 0.3 is 0 Å². The maximum absolute atomic E-state index is 11.4. The number of ether oxygens (including phenoxy) is 1. The predicted octanol–water partition coefficient (Wildman–Crippen LogP) is 3.28. The monoisotopic (exact) mass is 348 g/mol. The third-order valence-electron chi connectivity index (χ3n) is 2.08. The zero-order chi connectivity index (χ0) is 12.2. The van der Waals surface area contributed by atoms with Crippen molar-refractivity contribution in [3.8, 4) is 11.5 Å². The summed E-state index contributed by atoms with van der Waals surface area (Å²) in [5.74, 6) is 4.09. The van der Waals surface area contributed by atoms with Gasteiger partial charge < -0.3 is 4.74 Å². The van der Waals surface area contributed by atoms with E-state index in [9.17, 15) is 4.79 Å². The van der Waals surface area contributed by atoms with E-state index in [1.807, 2.05) is 0 Å². The van der Waals surface area contributed by atoms with Crippen LogP contribution in [0.2, 0.25) is 19.6 Å². The molecule has 2 nitrogen and oxygen atoms in total. The van der Waals surface area contributed by atoms with Crippen LogP contribution in [0.3, 0.4) is 0 Å². The minimum absolute atomic E-state index is 0.208. The largest absolute Gasteiger partial charge is 0.484 e. The highest BCUT2D eigenvalue weighted by Crippen LogP contribution is 2.27. The second-order valence-electron chi connectivity index (χ2n) is 4.85. The average molecular weight is 348 g/mol. The first kappa shape index (κ1) is 13.8. The Balaban J connectivity index is 2.52. The second-order valence-corrected chi connectivity index (χ2v) is 10.7. The lowest BCUT2D eigenvalue weighted by molar-refractivity contribution is -0.115. The standard InChI is InChI=1S/C12H17IO2Si/c1-16(2,3)9-5-8-15-11-7-4-6-10(14)12(11)13/h4,6-8H2,1-3H3. The highest BCUT2D eigenvalue weighted by Gasteiger charge is 2.19. The van der Waals surface area contributed by atoms with Crippen molar-refractivity contribution in [1.82, 2.24) is 0 Å². The fourth-order valence-corrected chi connectivity index (χ4v) is 2.64. The molecular weight excluding hydrogens is 331 g/mol. The maximum Gasteiger partial charge on any atom is 0.172 e. The van der Waals surface area contributed by atoms with Crippen LogP contribution in [0.1, 0.15) is 19.3 Å². The van der Waals surface area contributed by atoms with E-state index in [1.54, 1.807) is 0 Å². The summed E-state index contributed by atoms with van der Waals surface area (Å²) in [7, 11) is -1.30. The molecule has 0 unspecified atom stereocenters. The average Bonchev–Trinajstić information content (AvgIpc) is 2.17. The molecule has 0 bridgehead atoms. The van der Waals surface area contributed by atoms with E-state index in [2.05, 4.69) is 53.7 Å². The van der Waals surface area contributed by atoms with Gasteiger partial charge in [0, 0.05) is 12.8 Å². The van der Waals surface area contributed by atoms with Gasteiger partial charge in [0.05, 0.1) is 3.58 Å². The van der Waals surface area contributed by atoms with E-state index < -0.39 is 8.07 Å². The minimum atomic E-state index is -1.30. The van der Waals surface area contributed by atoms with Crippen molar-refractivity contribution >= 4 is 36.4 Å². The fourth-order valence-electron chi connectivity index (χ4n) is 1.34. The molecule has 0 spiro atoms. The Labute approximate surface area is 112 Å². The lowest BCUT2D eigenvalue weighted by Crippen LogP contribution is -2.16. The molecule has 0 atom stereocenters. The molecule has 0 aliphatic heterocycles. The van der Waals surface area contributed by atoms with Gasteiger partial charge in [0.25, 0.3) is 0 Å². The van der Waals surface area contributed by atoms with E-state index >= 15 is 0 Å². The molecule has 1 aliphatic rings. The first-order valence-electron chi connectivity index (χ1n) is 5.45. The number of halogens is 1. The molecule has 0 amide bonds. The topological polar surface area (TPSA) is 26.3 Å². The zero-order valence-corrected chi connectivity index (χ0v) is 13.2. The molecule has 16 heavy (non-hydrogen) atoms. The van der Waals surface area contributed by atoms with Crippen molar-refractivity contribution in [1.29, 1.82) is 0 Å². The number of allylic oxidation sites excluding steroid dienone is 2. The molecule has 0 saturated heterocycles. The third kappa shape index (κ3) is 4.70. The molecule has 0 radical (unpaired) electrons. The van der Waals surface area contributed by atoms with Gasteiger partial charge in [-0.3, -0.25) is 4.79 Å². The lowest BCUT2D eigenvalue weighted by Gasteiger charge is -2.15. The van der Waals surface area contributed by atoms with Gasteiger partial charge in [0.1, 0.15) is 20.4 Å². The molecule has 0 heterocycles. The van der Waals surface area contributed by atoms with Crippen molar-refractivity contribution < 1.29 is 9.53 Å². The number of hydrogen-bond donors (Lipinski definition) is 0. The smallest absolute Gasteiger partial charge is 0.172 e. The fraction of sp³-hybridized carbons (Fsp3) is 0.583.